The fraction of sp³-hybridized carbons (Fsp3) is 0. The van der Waals surface area contributed by atoms with E-state index in [1.165, 1.54) is 47.5 Å². The Kier molecular flexibility index (Phi) is 8.43. The van der Waals surface area contributed by atoms with Crippen LogP contribution in [0.5, 0.6) is 0 Å². The van der Waals surface area contributed by atoms with E-state index >= 15 is 0 Å². The minimum absolute atomic E-state index is 0.565. The molecule has 6 nitrogen and oxygen atoms in total. The summed E-state index contributed by atoms with van der Waals surface area (Å²) in [6.07, 6.45) is 0. The van der Waals surface area contributed by atoms with Crippen molar-refractivity contribution in [1.82, 2.24) is 19.5 Å². The molecule has 0 radical (unpaired) electrons. The molecule has 0 amide bonds. The first kappa shape index (κ1) is 38.9. The molecule has 0 fully saturated rings. The normalized spacial score (nSPS) is 12.0. The lowest BCUT2D eigenvalue weighted by molar-refractivity contribution is 0.669. The first-order valence-corrected chi connectivity index (χ1v) is 24.2. The molecule has 326 valence electrons. The number of nitrogens with zero attached hydrogens (tertiary/aromatic N) is 4. The molecule has 0 atom stereocenters. The third-order valence-corrected chi connectivity index (χ3v) is 15.0. The number of thiophene rings is 1. The predicted molar refractivity (Wildman–Crippen MR) is 289 cm³/mol. The van der Waals surface area contributed by atoms with Crippen LogP contribution in [0.4, 0.5) is 0 Å². The molecule has 0 aliphatic carbocycles. The molecule has 0 spiro atoms. The van der Waals surface area contributed by atoms with Crippen molar-refractivity contribution in [2.24, 2.45) is 0 Å². The molecule has 0 saturated heterocycles. The van der Waals surface area contributed by atoms with Crippen LogP contribution < -0.4 is 0 Å². The fourth-order valence-corrected chi connectivity index (χ4v) is 11.9. The van der Waals surface area contributed by atoms with Gasteiger partial charge in [-0.05, 0) is 65.7 Å². The van der Waals surface area contributed by atoms with Gasteiger partial charge in [-0.25, -0.2) is 15.0 Å². The lowest BCUT2D eigenvalue weighted by Crippen LogP contribution is -2.00. The van der Waals surface area contributed by atoms with Crippen LogP contribution in [0.15, 0.2) is 227 Å². The van der Waals surface area contributed by atoms with E-state index in [2.05, 4.69) is 168 Å². The maximum absolute atomic E-state index is 6.72. The predicted octanol–water partition coefficient (Wildman–Crippen LogP) is 17.5. The number of benzene rings is 10. The highest BCUT2D eigenvalue weighted by Gasteiger charge is 2.23. The number of hydrogen-bond acceptors (Lipinski definition) is 6. The summed E-state index contributed by atoms with van der Waals surface area (Å²) in [5, 5.41) is 9.07. The molecule has 15 rings (SSSR count). The Hall–Kier alpha value is -9.17. The first-order valence-electron chi connectivity index (χ1n) is 23.4. The second-order valence-corrected chi connectivity index (χ2v) is 18.9. The topological polar surface area (TPSA) is 69.9 Å². The van der Waals surface area contributed by atoms with E-state index in [-0.39, 0.29) is 0 Å². The number of aromatic nitrogens is 4. The van der Waals surface area contributed by atoms with Gasteiger partial charge in [0.15, 0.2) is 17.5 Å². The van der Waals surface area contributed by atoms with Crippen molar-refractivity contribution in [1.29, 1.82) is 0 Å². The molecule has 7 heteroatoms. The van der Waals surface area contributed by atoms with Gasteiger partial charge in [-0.15, -0.1) is 11.3 Å². The van der Waals surface area contributed by atoms with Gasteiger partial charge in [0.05, 0.1) is 16.7 Å². The third-order valence-electron chi connectivity index (χ3n) is 13.9. The number of para-hydroxylation sites is 4. The summed E-state index contributed by atoms with van der Waals surface area (Å²) in [6.45, 7) is 0. The van der Waals surface area contributed by atoms with Crippen LogP contribution in [-0.4, -0.2) is 19.5 Å². The van der Waals surface area contributed by atoms with E-state index in [4.69, 9.17) is 23.8 Å². The van der Waals surface area contributed by atoms with Crippen molar-refractivity contribution in [2.75, 3.05) is 0 Å². The molecule has 15 aromatic rings. The standard InChI is InChI=1S/C63H36N4O2S/c1-2-14-38(15-3-1)61-64-62(39-30-28-37(29-31-39)41-20-12-21-45-44-18-6-10-25-52(44)69-60(41)45)66-63(65-61)47-22-13-26-54-58(47)48-36-40(32-34-53(48)68-54)57-51(33-35-56-59(57)46-19-7-11-27-55(46)70-56)67-49-23-8-4-16-42(49)43-17-5-9-24-50(43)67/h1-36H. The first-order chi connectivity index (χ1) is 34.7. The Bertz CT molecular complexity index is 4550. The molecule has 5 heterocycles. The van der Waals surface area contributed by atoms with Crippen LogP contribution in [0.25, 0.3) is 148 Å². The van der Waals surface area contributed by atoms with Crippen LogP contribution in [0.1, 0.15) is 0 Å². The highest BCUT2D eigenvalue weighted by atomic mass is 32.1. The molecule has 0 saturated carbocycles. The largest absolute Gasteiger partial charge is 0.456 e. The van der Waals surface area contributed by atoms with Crippen molar-refractivity contribution in [3.8, 4) is 62.1 Å². The van der Waals surface area contributed by atoms with Gasteiger partial charge in [-0.3, -0.25) is 0 Å². The van der Waals surface area contributed by atoms with Crippen LogP contribution in [0, 0.1) is 0 Å². The van der Waals surface area contributed by atoms with Crippen molar-refractivity contribution < 1.29 is 8.83 Å². The van der Waals surface area contributed by atoms with Gasteiger partial charge in [0, 0.05) is 80.3 Å². The number of rotatable bonds is 6. The molecule has 70 heavy (non-hydrogen) atoms. The van der Waals surface area contributed by atoms with E-state index < -0.39 is 0 Å². The highest BCUT2D eigenvalue weighted by molar-refractivity contribution is 7.26. The van der Waals surface area contributed by atoms with Crippen molar-refractivity contribution >= 4 is 97.2 Å². The quantitative estimate of drug-likeness (QED) is 0.166. The van der Waals surface area contributed by atoms with Gasteiger partial charge >= 0.3 is 0 Å². The Morgan fingerprint density at radius 1 is 0.343 bits per heavy atom. The number of furan rings is 2. The van der Waals surface area contributed by atoms with Crippen LogP contribution in [0.2, 0.25) is 0 Å². The zero-order valence-electron chi connectivity index (χ0n) is 37.3. The summed E-state index contributed by atoms with van der Waals surface area (Å²) in [4.78, 5) is 15.6. The second kappa shape index (κ2) is 15.2. The summed E-state index contributed by atoms with van der Waals surface area (Å²) in [6, 6.07) is 76.7. The van der Waals surface area contributed by atoms with Gasteiger partial charge in [0.1, 0.15) is 22.3 Å². The van der Waals surface area contributed by atoms with Gasteiger partial charge in [0.2, 0.25) is 0 Å². The maximum atomic E-state index is 6.72. The van der Waals surface area contributed by atoms with Gasteiger partial charge in [0.25, 0.3) is 0 Å². The number of hydrogen-bond donors (Lipinski definition) is 0. The molecular formula is C63H36N4O2S. The van der Waals surface area contributed by atoms with E-state index in [1.54, 1.807) is 0 Å². The Morgan fingerprint density at radius 3 is 1.73 bits per heavy atom. The summed E-state index contributed by atoms with van der Waals surface area (Å²) < 4.78 is 18.1. The zero-order chi connectivity index (χ0) is 45.9. The lowest BCUT2D eigenvalue weighted by atomic mass is 9.95. The number of fused-ring (bicyclic) bond motifs is 12. The Morgan fingerprint density at radius 2 is 0.929 bits per heavy atom. The van der Waals surface area contributed by atoms with Gasteiger partial charge in [-0.1, -0.05) is 164 Å². The summed E-state index contributed by atoms with van der Waals surface area (Å²) in [7, 11) is 0. The average molecular weight is 913 g/mol. The van der Waals surface area contributed by atoms with E-state index in [0.29, 0.717) is 17.5 Å². The monoisotopic (exact) mass is 912 g/mol. The van der Waals surface area contributed by atoms with E-state index in [0.717, 1.165) is 82.9 Å². The molecule has 10 aromatic carbocycles. The van der Waals surface area contributed by atoms with Crippen LogP contribution in [0.3, 0.4) is 0 Å². The molecule has 0 aliphatic heterocycles. The highest BCUT2D eigenvalue weighted by Crippen LogP contribution is 2.47. The zero-order valence-corrected chi connectivity index (χ0v) is 38.1. The van der Waals surface area contributed by atoms with Crippen LogP contribution in [-0.2, 0) is 0 Å². The van der Waals surface area contributed by atoms with E-state index in [9.17, 15) is 0 Å². The molecule has 5 aromatic heterocycles. The van der Waals surface area contributed by atoms with Crippen LogP contribution >= 0.6 is 11.3 Å². The van der Waals surface area contributed by atoms with E-state index in [1.807, 2.05) is 65.9 Å². The molecule has 0 bridgehead atoms. The van der Waals surface area contributed by atoms with Crippen molar-refractivity contribution in [3.05, 3.63) is 218 Å². The molecular weight excluding hydrogens is 877 g/mol. The minimum atomic E-state index is 0.565. The minimum Gasteiger partial charge on any atom is -0.456 e. The summed E-state index contributed by atoms with van der Waals surface area (Å²) in [5.74, 6) is 1.74. The Labute approximate surface area is 404 Å². The molecule has 0 N–H and O–H groups in total. The van der Waals surface area contributed by atoms with Crippen molar-refractivity contribution in [2.45, 2.75) is 0 Å². The second-order valence-electron chi connectivity index (χ2n) is 17.8. The molecule has 0 aliphatic rings. The average Bonchev–Trinajstić information content (AvgIpc) is 4.20. The molecule has 0 unspecified atom stereocenters. The summed E-state index contributed by atoms with van der Waals surface area (Å²) >= 11 is 1.84. The lowest BCUT2D eigenvalue weighted by Gasteiger charge is -2.16. The Balaban J connectivity index is 0.930. The SMILES string of the molecule is c1ccc(-c2nc(-c3ccc(-c4cccc5c4oc4ccccc45)cc3)nc(-c3cccc4oc5ccc(-c6c(-n7c8ccccc8c8ccccc87)ccc7sc8ccccc8c67)cc5c34)n2)cc1. The van der Waals surface area contributed by atoms with Crippen molar-refractivity contribution in [3.63, 3.8) is 0 Å². The summed E-state index contributed by atoms with van der Waals surface area (Å²) in [5.41, 5.74) is 13.7. The fourth-order valence-electron chi connectivity index (χ4n) is 10.8. The third kappa shape index (κ3) is 5.89. The maximum Gasteiger partial charge on any atom is 0.164 e. The van der Waals surface area contributed by atoms with Gasteiger partial charge < -0.3 is 13.4 Å². The van der Waals surface area contributed by atoms with Gasteiger partial charge in [-0.2, -0.15) is 0 Å². The smallest absolute Gasteiger partial charge is 0.164 e.